The lowest BCUT2D eigenvalue weighted by Gasteiger charge is -2.34. The minimum atomic E-state index is 0.779. The summed E-state index contributed by atoms with van der Waals surface area (Å²) in [4.78, 5) is 0. The third-order valence-corrected chi connectivity index (χ3v) is 3.83. The van der Waals surface area contributed by atoms with Crippen LogP contribution in [-0.2, 0) is 0 Å². The minimum absolute atomic E-state index is 0.779. The molecule has 3 N–H and O–H groups in total. The standard InChI is InChI=1S/C10H19N/c11-9-3-7-10(8-4-9)5-1-2-6-10/h9H,1-8,11H2/p+1. The molecule has 0 aromatic carbocycles. The molecule has 0 heterocycles. The van der Waals surface area contributed by atoms with Gasteiger partial charge in [0.05, 0.1) is 6.04 Å². The van der Waals surface area contributed by atoms with E-state index in [2.05, 4.69) is 5.73 Å². The van der Waals surface area contributed by atoms with Gasteiger partial charge in [0.2, 0.25) is 0 Å². The molecule has 0 saturated heterocycles. The van der Waals surface area contributed by atoms with Crippen molar-refractivity contribution in [3.8, 4) is 0 Å². The van der Waals surface area contributed by atoms with Gasteiger partial charge in [-0.3, -0.25) is 0 Å². The molecule has 1 nitrogen and oxygen atoms in total. The molecule has 0 aliphatic heterocycles. The highest BCUT2D eigenvalue weighted by atomic mass is 14.6. The fraction of sp³-hybridized carbons (Fsp3) is 1.00. The zero-order chi connectivity index (χ0) is 7.73. The summed E-state index contributed by atoms with van der Waals surface area (Å²) in [5.74, 6) is 0. The summed E-state index contributed by atoms with van der Waals surface area (Å²) in [7, 11) is 0. The fourth-order valence-electron chi connectivity index (χ4n) is 2.91. The highest BCUT2D eigenvalue weighted by Crippen LogP contribution is 2.48. The van der Waals surface area contributed by atoms with Gasteiger partial charge in [-0.25, -0.2) is 0 Å². The first-order valence-electron chi connectivity index (χ1n) is 5.14. The second-order valence-electron chi connectivity index (χ2n) is 4.65. The summed E-state index contributed by atoms with van der Waals surface area (Å²) >= 11 is 0. The van der Waals surface area contributed by atoms with Crippen LogP contribution in [0.5, 0.6) is 0 Å². The van der Waals surface area contributed by atoms with Crippen LogP contribution in [0.4, 0.5) is 0 Å². The van der Waals surface area contributed by atoms with Gasteiger partial charge in [0.25, 0.3) is 0 Å². The molecule has 0 aromatic heterocycles. The third-order valence-electron chi connectivity index (χ3n) is 3.83. The molecule has 2 aliphatic rings. The van der Waals surface area contributed by atoms with Crippen molar-refractivity contribution < 1.29 is 5.73 Å². The van der Waals surface area contributed by atoms with Gasteiger partial charge >= 0.3 is 0 Å². The Morgan fingerprint density at radius 1 is 0.909 bits per heavy atom. The average Bonchev–Trinajstić information content (AvgIpc) is 2.45. The van der Waals surface area contributed by atoms with Crippen LogP contribution in [0.2, 0.25) is 0 Å². The average molecular weight is 154 g/mol. The Bertz CT molecular complexity index is 126. The molecule has 0 atom stereocenters. The maximum Gasteiger partial charge on any atom is 0.0844 e. The maximum absolute atomic E-state index is 4.15. The van der Waals surface area contributed by atoms with E-state index < -0.39 is 0 Å². The Hall–Kier alpha value is -0.0400. The summed E-state index contributed by atoms with van der Waals surface area (Å²) in [6.07, 6.45) is 11.8. The molecular formula is C10H20N+. The topological polar surface area (TPSA) is 27.6 Å². The van der Waals surface area contributed by atoms with E-state index in [9.17, 15) is 0 Å². The summed E-state index contributed by atoms with van der Waals surface area (Å²) in [6.45, 7) is 0. The van der Waals surface area contributed by atoms with Crippen LogP contribution in [0.3, 0.4) is 0 Å². The van der Waals surface area contributed by atoms with E-state index in [1.165, 1.54) is 51.4 Å². The van der Waals surface area contributed by atoms with E-state index in [0.29, 0.717) is 0 Å². The first-order valence-corrected chi connectivity index (χ1v) is 5.14. The summed E-state index contributed by atoms with van der Waals surface area (Å²) in [5.41, 5.74) is 4.97. The highest BCUT2D eigenvalue weighted by molar-refractivity contribution is 4.88. The zero-order valence-corrected chi connectivity index (χ0v) is 7.44. The molecule has 2 fully saturated rings. The quantitative estimate of drug-likeness (QED) is 0.550. The predicted octanol–water partition coefficient (Wildman–Crippen LogP) is 1.73. The third kappa shape index (κ3) is 1.44. The number of hydrogen-bond acceptors (Lipinski definition) is 0. The van der Waals surface area contributed by atoms with Crippen LogP contribution in [0.15, 0.2) is 0 Å². The molecule has 2 rings (SSSR count). The Labute approximate surface area is 69.4 Å². The van der Waals surface area contributed by atoms with Gasteiger partial charge in [-0.15, -0.1) is 0 Å². The van der Waals surface area contributed by atoms with Gasteiger partial charge in [0.1, 0.15) is 0 Å². The zero-order valence-electron chi connectivity index (χ0n) is 7.44. The second kappa shape index (κ2) is 2.78. The predicted molar refractivity (Wildman–Crippen MR) is 46.0 cm³/mol. The molecule has 1 heteroatoms. The van der Waals surface area contributed by atoms with Crippen molar-refractivity contribution in [3.63, 3.8) is 0 Å². The Balaban J connectivity index is 1.94. The van der Waals surface area contributed by atoms with Crippen molar-refractivity contribution in [1.82, 2.24) is 0 Å². The van der Waals surface area contributed by atoms with Crippen LogP contribution < -0.4 is 5.73 Å². The molecule has 11 heavy (non-hydrogen) atoms. The SMILES string of the molecule is [NH3+]C1CCC2(CCCC2)CC1. The van der Waals surface area contributed by atoms with E-state index in [4.69, 9.17) is 0 Å². The Kier molecular flexibility index (Phi) is 1.92. The van der Waals surface area contributed by atoms with E-state index >= 15 is 0 Å². The second-order valence-corrected chi connectivity index (χ2v) is 4.65. The van der Waals surface area contributed by atoms with Crippen molar-refractivity contribution in [1.29, 1.82) is 0 Å². The van der Waals surface area contributed by atoms with E-state index in [-0.39, 0.29) is 0 Å². The Morgan fingerprint density at radius 2 is 1.45 bits per heavy atom. The maximum atomic E-state index is 4.15. The van der Waals surface area contributed by atoms with Crippen molar-refractivity contribution >= 4 is 0 Å². The smallest absolute Gasteiger partial charge is 0.0844 e. The fourth-order valence-corrected chi connectivity index (χ4v) is 2.91. The van der Waals surface area contributed by atoms with Gasteiger partial charge in [0, 0.05) is 0 Å². The van der Waals surface area contributed by atoms with Crippen molar-refractivity contribution in [2.75, 3.05) is 0 Å². The number of hydrogen-bond donors (Lipinski definition) is 1. The van der Waals surface area contributed by atoms with Crippen LogP contribution >= 0.6 is 0 Å². The molecule has 0 amide bonds. The van der Waals surface area contributed by atoms with Gasteiger partial charge in [-0.2, -0.15) is 0 Å². The van der Waals surface area contributed by atoms with Crippen LogP contribution in [0, 0.1) is 5.41 Å². The van der Waals surface area contributed by atoms with Crippen LogP contribution in [0.25, 0.3) is 0 Å². The number of rotatable bonds is 0. The lowest BCUT2D eigenvalue weighted by atomic mass is 9.71. The minimum Gasteiger partial charge on any atom is -0.355 e. The largest absolute Gasteiger partial charge is 0.355 e. The van der Waals surface area contributed by atoms with Crippen molar-refractivity contribution in [2.24, 2.45) is 5.41 Å². The van der Waals surface area contributed by atoms with E-state index in [1.807, 2.05) is 0 Å². The van der Waals surface area contributed by atoms with Gasteiger partial charge in [0.15, 0.2) is 0 Å². The summed E-state index contributed by atoms with van der Waals surface area (Å²) in [6, 6.07) is 0.779. The molecule has 2 aliphatic carbocycles. The molecule has 64 valence electrons. The van der Waals surface area contributed by atoms with Gasteiger partial charge in [-0.05, 0) is 43.9 Å². The first-order chi connectivity index (χ1) is 5.31. The lowest BCUT2D eigenvalue weighted by molar-refractivity contribution is -0.428. The Morgan fingerprint density at radius 3 is 2.00 bits per heavy atom. The van der Waals surface area contributed by atoms with Crippen LogP contribution in [-0.4, -0.2) is 6.04 Å². The van der Waals surface area contributed by atoms with E-state index in [1.54, 1.807) is 0 Å². The molecule has 0 bridgehead atoms. The number of quaternary nitrogens is 1. The van der Waals surface area contributed by atoms with Crippen LogP contribution in [0.1, 0.15) is 51.4 Å². The summed E-state index contributed by atoms with van der Waals surface area (Å²) < 4.78 is 0. The van der Waals surface area contributed by atoms with Crippen molar-refractivity contribution in [3.05, 3.63) is 0 Å². The molecule has 2 saturated carbocycles. The molecule has 0 aromatic rings. The monoisotopic (exact) mass is 154 g/mol. The normalized spacial score (nSPS) is 31.4. The molecular weight excluding hydrogens is 134 g/mol. The van der Waals surface area contributed by atoms with Crippen molar-refractivity contribution in [2.45, 2.75) is 57.4 Å². The molecule has 1 spiro atoms. The molecule has 0 radical (unpaired) electrons. The highest BCUT2D eigenvalue weighted by Gasteiger charge is 2.37. The van der Waals surface area contributed by atoms with Gasteiger partial charge in [-0.1, -0.05) is 12.8 Å². The molecule has 0 unspecified atom stereocenters. The van der Waals surface area contributed by atoms with Gasteiger partial charge < -0.3 is 5.73 Å². The summed E-state index contributed by atoms with van der Waals surface area (Å²) in [5, 5.41) is 0. The first kappa shape index (κ1) is 7.60. The van der Waals surface area contributed by atoms with E-state index in [0.717, 1.165) is 11.5 Å². The lowest BCUT2D eigenvalue weighted by Crippen LogP contribution is -2.62.